The average Bonchev–Trinajstić information content (AvgIpc) is 3.91. The summed E-state index contributed by atoms with van der Waals surface area (Å²) in [6.07, 6.45) is -0.605. The van der Waals surface area contributed by atoms with Crippen molar-refractivity contribution in [2.75, 3.05) is 26.3 Å². The van der Waals surface area contributed by atoms with Crippen molar-refractivity contribution in [1.29, 1.82) is 5.26 Å². The van der Waals surface area contributed by atoms with Crippen molar-refractivity contribution in [3.63, 3.8) is 0 Å². The van der Waals surface area contributed by atoms with Gasteiger partial charge in [0.05, 0.1) is 36.8 Å². The van der Waals surface area contributed by atoms with E-state index in [2.05, 4.69) is 10.6 Å². The molecule has 0 bridgehead atoms. The highest BCUT2D eigenvalue weighted by molar-refractivity contribution is 5.91. The molecule has 0 unspecified atom stereocenters. The van der Waals surface area contributed by atoms with Crippen LogP contribution in [0.3, 0.4) is 0 Å². The predicted octanol–water partition coefficient (Wildman–Crippen LogP) is 4.82. The Balaban J connectivity index is 1.29. The van der Waals surface area contributed by atoms with Crippen LogP contribution in [0.2, 0.25) is 0 Å². The lowest BCUT2D eigenvalue weighted by Gasteiger charge is -2.30. The third-order valence-electron chi connectivity index (χ3n) is 8.46. The van der Waals surface area contributed by atoms with Gasteiger partial charge in [0.15, 0.2) is 0 Å². The van der Waals surface area contributed by atoms with E-state index in [1.165, 1.54) is 13.8 Å². The summed E-state index contributed by atoms with van der Waals surface area (Å²) in [5, 5.41) is 14.6. The van der Waals surface area contributed by atoms with E-state index in [-0.39, 0.29) is 17.9 Å². The highest BCUT2D eigenvalue weighted by Gasteiger charge is 2.53. The first-order chi connectivity index (χ1) is 20.0. The van der Waals surface area contributed by atoms with E-state index in [0.29, 0.717) is 39.1 Å². The Kier molecular flexibility index (Phi) is 8.37. The number of nitriles is 1. The standard InChI is InChI=1S/C32H37F3N4O3/c1-30(2,35)19-25(28(40)38-31(20-36)11-12-31)37-26(27(33)34)23-5-3-21(4-6-23)22-7-9-24(10-8-22)32(13-14-32)29(41)39-15-17-42-18-16-39/h3-10,25-27,37H,11-19H2,1-2H3,(H,38,40)/t25-,26-/m0/s1. The molecule has 42 heavy (non-hydrogen) atoms. The van der Waals surface area contributed by atoms with E-state index in [0.717, 1.165) is 29.5 Å². The van der Waals surface area contributed by atoms with Crippen molar-refractivity contribution in [3.8, 4) is 17.2 Å². The van der Waals surface area contributed by atoms with E-state index in [1.54, 1.807) is 24.3 Å². The number of carbonyl (C=O) groups is 2. The van der Waals surface area contributed by atoms with Crippen molar-refractivity contribution in [3.05, 3.63) is 59.7 Å². The maximum Gasteiger partial charge on any atom is 0.257 e. The quantitative estimate of drug-likeness (QED) is 0.396. The molecule has 2 aromatic carbocycles. The van der Waals surface area contributed by atoms with Gasteiger partial charge in [-0.3, -0.25) is 14.9 Å². The van der Waals surface area contributed by atoms with Gasteiger partial charge in [-0.1, -0.05) is 48.5 Å². The molecule has 2 atom stereocenters. The van der Waals surface area contributed by atoms with Crippen molar-refractivity contribution in [2.45, 2.75) is 81.1 Å². The molecule has 7 nitrogen and oxygen atoms in total. The Hall–Kier alpha value is -3.42. The van der Waals surface area contributed by atoms with Gasteiger partial charge < -0.3 is 15.0 Å². The second kappa shape index (κ2) is 11.7. The molecule has 1 aliphatic heterocycles. The second-order valence-electron chi connectivity index (χ2n) is 12.3. The number of nitrogens with zero attached hydrogens (tertiary/aromatic N) is 2. The number of hydrogen-bond acceptors (Lipinski definition) is 5. The Morgan fingerprint density at radius 1 is 1.00 bits per heavy atom. The zero-order valence-corrected chi connectivity index (χ0v) is 24.0. The monoisotopic (exact) mass is 582 g/mol. The fourth-order valence-corrected chi connectivity index (χ4v) is 5.64. The zero-order valence-electron chi connectivity index (χ0n) is 24.0. The lowest BCUT2D eigenvalue weighted by molar-refractivity contribution is -0.138. The fraction of sp³-hybridized carbons (Fsp3) is 0.531. The van der Waals surface area contributed by atoms with E-state index in [4.69, 9.17) is 4.74 Å². The van der Waals surface area contributed by atoms with Crippen LogP contribution in [0.1, 0.15) is 63.1 Å². The van der Waals surface area contributed by atoms with Crippen LogP contribution >= 0.6 is 0 Å². The van der Waals surface area contributed by atoms with Crippen LogP contribution in [0, 0.1) is 11.3 Å². The van der Waals surface area contributed by atoms with E-state index < -0.39 is 41.0 Å². The largest absolute Gasteiger partial charge is 0.378 e. The summed E-state index contributed by atoms with van der Waals surface area (Å²) < 4.78 is 48.5. The first-order valence-electron chi connectivity index (χ1n) is 14.5. The van der Waals surface area contributed by atoms with Crippen LogP contribution in [0.5, 0.6) is 0 Å². The smallest absolute Gasteiger partial charge is 0.257 e. The molecule has 1 saturated heterocycles. The first kappa shape index (κ1) is 30.1. The van der Waals surface area contributed by atoms with Gasteiger partial charge >= 0.3 is 0 Å². The van der Waals surface area contributed by atoms with Crippen LogP contribution in [-0.2, 0) is 19.7 Å². The molecule has 0 aromatic heterocycles. The number of rotatable bonds is 11. The number of benzene rings is 2. The molecule has 2 saturated carbocycles. The zero-order chi connectivity index (χ0) is 30.1. The van der Waals surface area contributed by atoms with Crippen LogP contribution in [-0.4, -0.2) is 66.7 Å². The molecule has 5 rings (SSSR count). The van der Waals surface area contributed by atoms with Crippen LogP contribution in [0.4, 0.5) is 13.2 Å². The van der Waals surface area contributed by atoms with Crippen molar-refractivity contribution >= 4 is 11.8 Å². The molecule has 2 amide bonds. The fourth-order valence-electron chi connectivity index (χ4n) is 5.64. The van der Waals surface area contributed by atoms with Gasteiger partial charge in [0.25, 0.3) is 6.43 Å². The molecule has 0 spiro atoms. The second-order valence-corrected chi connectivity index (χ2v) is 12.3. The molecule has 3 fully saturated rings. The normalized spacial score (nSPS) is 20.4. The summed E-state index contributed by atoms with van der Waals surface area (Å²) in [6, 6.07) is 13.7. The van der Waals surface area contributed by atoms with Gasteiger partial charge in [0, 0.05) is 19.5 Å². The van der Waals surface area contributed by atoms with Crippen molar-refractivity contribution in [1.82, 2.24) is 15.5 Å². The number of halogens is 3. The summed E-state index contributed by atoms with van der Waals surface area (Å²) in [4.78, 5) is 28.0. The number of amides is 2. The van der Waals surface area contributed by atoms with E-state index >= 15 is 0 Å². The molecule has 10 heteroatoms. The number of hydrogen-bond donors (Lipinski definition) is 2. The third kappa shape index (κ3) is 6.63. The lowest BCUT2D eigenvalue weighted by Crippen LogP contribution is -2.52. The minimum atomic E-state index is -2.86. The highest BCUT2D eigenvalue weighted by atomic mass is 19.3. The minimum absolute atomic E-state index is 0.150. The number of morpholine rings is 1. The topological polar surface area (TPSA) is 94.5 Å². The number of nitrogens with one attached hydrogen (secondary N) is 2. The van der Waals surface area contributed by atoms with Gasteiger partial charge in [0.1, 0.15) is 11.2 Å². The Bertz CT molecular complexity index is 1320. The van der Waals surface area contributed by atoms with Crippen LogP contribution < -0.4 is 10.6 Å². The first-order valence-corrected chi connectivity index (χ1v) is 14.5. The summed E-state index contributed by atoms with van der Waals surface area (Å²) >= 11 is 0. The molecule has 2 aromatic rings. The molecule has 1 heterocycles. The molecular weight excluding hydrogens is 545 g/mol. The molecule has 224 valence electrons. The van der Waals surface area contributed by atoms with Gasteiger partial charge in [-0.25, -0.2) is 13.2 Å². The highest BCUT2D eigenvalue weighted by Crippen LogP contribution is 2.50. The maximum atomic E-state index is 14.6. The van der Waals surface area contributed by atoms with Crippen LogP contribution in [0.25, 0.3) is 11.1 Å². The Morgan fingerprint density at radius 3 is 2.05 bits per heavy atom. The van der Waals surface area contributed by atoms with Crippen LogP contribution in [0.15, 0.2) is 48.5 Å². The molecule has 2 N–H and O–H groups in total. The summed E-state index contributed by atoms with van der Waals surface area (Å²) in [6.45, 7) is 4.90. The average molecular weight is 583 g/mol. The third-order valence-corrected chi connectivity index (χ3v) is 8.46. The Morgan fingerprint density at radius 2 is 1.57 bits per heavy atom. The predicted molar refractivity (Wildman–Crippen MR) is 151 cm³/mol. The SMILES string of the molecule is CC(C)(F)C[C@H](N[C@@H](c1ccc(-c2ccc(C3(C(=O)N4CCOCC4)CC3)cc2)cc1)C(F)F)C(=O)NC1(C#N)CC1. The Labute approximate surface area is 244 Å². The summed E-state index contributed by atoms with van der Waals surface area (Å²) in [5.74, 6) is -0.515. The van der Waals surface area contributed by atoms with Crippen molar-refractivity contribution < 1.29 is 27.5 Å². The molecular formula is C32H37F3N4O3. The molecule has 2 aliphatic carbocycles. The van der Waals surface area contributed by atoms with Gasteiger partial charge in [0.2, 0.25) is 11.8 Å². The molecule has 0 radical (unpaired) electrons. The summed E-state index contributed by atoms with van der Waals surface area (Å²) in [5.41, 5.74) is -0.341. The van der Waals surface area contributed by atoms with E-state index in [9.17, 15) is 28.0 Å². The maximum absolute atomic E-state index is 14.6. The lowest BCUT2D eigenvalue weighted by atomic mass is 9.91. The number of alkyl halides is 3. The minimum Gasteiger partial charge on any atom is -0.378 e. The molecule has 3 aliphatic rings. The van der Waals surface area contributed by atoms with Gasteiger partial charge in [-0.2, -0.15) is 5.26 Å². The van der Waals surface area contributed by atoms with Crippen molar-refractivity contribution in [2.24, 2.45) is 0 Å². The van der Waals surface area contributed by atoms with Gasteiger partial charge in [-0.15, -0.1) is 0 Å². The van der Waals surface area contributed by atoms with Gasteiger partial charge in [-0.05, 0) is 61.8 Å². The number of ether oxygens (including phenoxy) is 1. The number of carbonyl (C=O) groups excluding carboxylic acids is 2. The summed E-state index contributed by atoms with van der Waals surface area (Å²) in [7, 11) is 0. The van der Waals surface area contributed by atoms with E-state index in [1.807, 2.05) is 35.2 Å².